The normalized spacial score (nSPS) is 12.3. The largest absolute Gasteiger partial charge is 0.354 e. The smallest absolute Gasteiger partial charge is 0.0809 e. The lowest BCUT2D eigenvalue weighted by atomic mass is 9.99. The van der Waals surface area contributed by atoms with E-state index in [0.717, 1.165) is 100 Å². The highest BCUT2D eigenvalue weighted by atomic mass is 32.1. The summed E-state index contributed by atoms with van der Waals surface area (Å²) in [5.74, 6) is 0. The zero-order chi connectivity index (χ0) is 36.6. The van der Waals surface area contributed by atoms with Crippen molar-refractivity contribution in [2.24, 2.45) is 0 Å². The molecule has 0 radical (unpaired) electrons. The van der Waals surface area contributed by atoms with E-state index < -0.39 is 0 Å². The van der Waals surface area contributed by atoms with Gasteiger partial charge in [0.05, 0.1) is 22.8 Å². The second-order valence-corrected chi connectivity index (χ2v) is 14.4. The van der Waals surface area contributed by atoms with E-state index in [2.05, 4.69) is 203 Å². The van der Waals surface area contributed by atoms with Crippen LogP contribution in [0, 0.1) is 0 Å². The lowest BCUT2D eigenvalue weighted by Crippen LogP contribution is -1.90. The van der Waals surface area contributed by atoms with Crippen molar-refractivity contribution >= 4 is 63.3 Å². The first-order valence-electron chi connectivity index (χ1n) is 18.4. The van der Waals surface area contributed by atoms with Crippen LogP contribution in [0.2, 0.25) is 0 Å². The van der Waals surface area contributed by atoms with Crippen molar-refractivity contribution in [3.05, 3.63) is 197 Å². The number of benzene rings is 4. The first-order chi connectivity index (χ1) is 27.3. The maximum Gasteiger partial charge on any atom is 0.0809 e. The highest BCUT2D eigenvalue weighted by Gasteiger charge is 2.21. The average Bonchev–Trinajstić information content (AvgIpc) is 4.10. The van der Waals surface area contributed by atoms with Crippen LogP contribution in [-0.4, -0.2) is 19.9 Å². The van der Waals surface area contributed by atoms with E-state index in [-0.39, 0.29) is 0 Å². The lowest BCUT2D eigenvalue weighted by Gasteiger charge is -2.07. The fraction of sp³-hybridized carbons (Fsp3) is 0. The van der Waals surface area contributed by atoms with Gasteiger partial charge in [0, 0.05) is 49.9 Å². The van der Waals surface area contributed by atoms with Crippen molar-refractivity contribution in [1.29, 1.82) is 0 Å². The maximum absolute atomic E-state index is 5.60. The molecule has 260 valence electrons. The standard InChI is InChI=1S/C50H34N4S/c1-5-13-34(14-6-1)46-39-23-24-40(51-39)47(35-15-7-2-8-16-35)42-27-28-44(53-42)49(37-19-11-4-12-20-37)50-38(22-21-33-29-30-55-32-33)31-45(54-50)48(36-17-9-3-10-18-36)43-26-25-41(46)52-43/h1-32,52-53H/b22-21+,46-39?,46-41?,47-40?,47-42?,48-43?,48-45?,49-44?,50-49?. The number of aromatic amines is 2. The van der Waals surface area contributed by atoms with Gasteiger partial charge < -0.3 is 9.97 Å². The van der Waals surface area contributed by atoms with Crippen molar-refractivity contribution < 1.29 is 0 Å². The Kier molecular flexibility index (Phi) is 8.32. The van der Waals surface area contributed by atoms with Crippen LogP contribution >= 0.6 is 11.3 Å². The van der Waals surface area contributed by atoms with Crippen LogP contribution in [0.1, 0.15) is 28.3 Å². The molecule has 2 aliphatic heterocycles. The van der Waals surface area contributed by atoms with Gasteiger partial charge in [-0.3, -0.25) is 0 Å². The minimum atomic E-state index is 0.887. The van der Waals surface area contributed by atoms with Gasteiger partial charge in [0.1, 0.15) is 0 Å². The van der Waals surface area contributed by atoms with E-state index in [1.165, 1.54) is 0 Å². The van der Waals surface area contributed by atoms with Crippen molar-refractivity contribution in [2.75, 3.05) is 0 Å². The summed E-state index contributed by atoms with van der Waals surface area (Å²) in [7, 11) is 0. The summed E-state index contributed by atoms with van der Waals surface area (Å²) in [6, 6.07) is 53.1. The third-order valence-corrected chi connectivity index (χ3v) is 10.8. The number of thiophene rings is 1. The zero-order valence-electron chi connectivity index (χ0n) is 29.8. The number of fused-ring (bicyclic) bond motifs is 8. The number of aromatic nitrogens is 4. The Morgan fingerprint density at radius 1 is 0.418 bits per heavy atom. The summed E-state index contributed by atoms with van der Waals surface area (Å²) in [5, 5.41) is 4.28. The van der Waals surface area contributed by atoms with Gasteiger partial charge in [-0.05, 0) is 87.1 Å². The van der Waals surface area contributed by atoms with Gasteiger partial charge in [0.15, 0.2) is 0 Å². The van der Waals surface area contributed by atoms with Gasteiger partial charge in [-0.2, -0.15) is 11.3 Å². The Labute approximate surface area is 323 Å². The first kappa shape index (κ1) is 32.6. The number of hydrogen-bond acceptors (Lipinski definition) is 3. The molecule has 0 spiro atoms. The van der Waals surface area contributed by atoms with Crippen molar-refractivity contribution in [3.8, 4) is 44.5 Å². The van der Waals surface area contributed by atoms with E-state index >= 15 is 0 Å². The van der Waals surface area contributed by atoms with Crippen LogP contribution < -0.4 is 0 Å². The third-order valence-electron chi connectivity index (χ3n) is 10.1. The number of nitrogens with one attached hydrogen (secondary N) is 2. The molecular weight excluding hydrogens is 689 g/mol. The number of hydrogen-bond donors (Lipinski definition) is 2. The molecule has 10 rings (SSSR count). The van der Waals surface area contributed by atoms with Crippen molar-refractivity contribution in [2.45, 2.75) is 0 Å². The van der Waals surface area contributed by atoms with Crippen LogP contribution in [0.15, 0.2) is 168 Å². The van der Waals surface area contributed by atoms with Gasteiger partial charge in [-0.25, -0.2) is 9.97 Å². The van der Waals surface area contributed by atoms with E-state index in [0.29, 0.717) is 0 Å². The molecule has 2 aliphatic rings. The van der Waals surface area contributed by atoms with Crippen LogP contribution in [0.3, 0.4) is 0 Å². The molecule has 0 atom stereocenters. The monoisotopic (exact) mass is 722 g/mol. The number of H-pyrrole nitrogens is 2. The molecule has 8 aromatic rings. The van der Waals surface area contributed by atoms with Gasteiger partial charge in [0.25, 0.3) is 0 Å². The molecule has 6 heterocycles. The van der Waals surface area contributed by atoms with Gasteiger partial charge in [-0.15, -0.1) is 0 Å². The summed E-state index contributed by atoms with van der Waals surface area (Å²) >= 11 is 1.70. The molecule has 4 nitrogen and oxygen atoms in total. The fourth-order valence-corrected chi connectivity index (χ4v) is 8.25. The molecule has 2 N–H and O–H groups in total. The first-order valence-corrected chi connectivity index (χ1v) is 19.3. The number of nitrogens with zero attached hydrogens (tertiary/aromatic N) is 2. The Morgan fingerprint density at radius 2 is 0.855 bits per heavy atom. The van der Waals surface area contributed by atoms with Crippen molar-refractivity contribution in [1.82, 2.24) is 19.9 Å². The second kappa shape index (κ2) is 14.0. The number of rotatable bonds is 6. The predicted molar refractivity (Wildman–Crippen MR) is 233 cm³/mol. The van der Waals surface area contributed by atoms with E-state index in [9.17, 15) is 0 Å². The van der Waals surface area contributed by atoms with Crippen LogP contribution in [0.5, 0.6) is 0 Å². The van der Waals surface area contributed by atoms with Crippen LogP contribution in [-0.2, 0) is 0 Å². The Bertz CT molecular complexity index is 2930. The minimum absolute atomic E-state index is 0.887. The van der Waals surface area contributed by atoms with Gasteiger partial charge in [0.2, 0.25) is 0 Å². The van der Waals surface area contributed by atoms with E-state index in [1.54, 1.807) is 11.3 Å². The average molecular weight is 723 g/mol. The summed E-state index contributed by atoms with van der Waals surface area (Å²) in [5.41, 5.74) is 18.1. The molecular formula is C50H34N4S. The van der Waals surface area contributed by atoms with Gasteiger partial charge in [-0.1, -0.05) is 133 Å². The highest BCUT2D eigenvalue weighted by molar-refractivity contribution is 7.08. The summed E-state index contributed by atoms with van der Waals surface area (Å²) < 4.78 is 0. The lowest BCUT2D eigenvalue weighted by molar-refractivity contribution is 1.31. The predicted octanol–water partition coefficient (Wildman–Crippen LogP) is 13.5. The van der Waals surface area contributed by atoms with E-state index in [4.69, 9.17) is 9.97 Å². The Hall–Kier alpha value is -7.08. The molecule has 0 fully saturated rings. The molecule has 0 amide bonds. The summed E-state index contributed by atoms with van der Waals surface area (Å²) in [4.78, 5) is 18.7. The zero-order valence-corrected chi connectivity index (χ0v) is 30.6. The third kappa shape index (κ3) is 6.17. The Morgan fingerprint density at radius 3 is 1.31 bits per heavy atom. The molecule has 4 aromatic heterocycles. The Balaban J connectivity index is 1.41. The molecule has 0 saturated heterocycles. The maximum atomic E-state index is 5.60. The van der Waals surface area contributed by atoms with Crippen LogP contribution in [0.25, 0.3) is 96.5 Å². The molecule has 4 aromatic carbocycles. The SMILES string of the molecule is C1=Cc2nc1c(-c1ccccc1)c1ccc([nH]1)c(-c1ccccc1)c1nc(c(-c3ccccc3)c3ccc([nH]3)c2-c2ccccc2)C(/C=C/c2ccsc2)=C1. The van der Waals surface area contributed by atoms with Gasteiger partial charge >= 0.3 is 0 Å². The minimum Gasteiger partial charge on any atom is -0.354 e. The molecule has 0 aliphatic carbocycles. The quantitative estimate of drug-likeness (QED) is 0.180. The topological polar surface area (TPSA) is 57.4 Å². The second-order valence-electron chi connectivity index (χ2n) is 13.6. The molecule has 0 saturated carbocycles. The molecule has 5 heteroatoms. The van der Waals surface area contributed by atoms with Crippen LogP contribution in [0.4, 0.5) is 0 Å². The molecule has 0 unspecified atom stereocenters. The fourth-order valence-electron chi connectivity index (χ4n) is 7.62. The molecule has 55 heavy (non-hydrogen) atoms. The van der Waals surface area contributed by atoms with Crippen molar-refractivity contribution in [3.63, 3.8) is 0 Å². The summed E-state index contributed by atoms with van der Waals surface area (Å²) in [6.07, 6.45) is 10.9. The van der Waals surface area contributed by atoms with E-state index in [1.807, 2.05) is 0 Å². The molecule has 8 bridgehead atoms. The number of allylic oxidation sites excluding steroid dienone is 2. The summed E-state index contributed by atoms with van der Waals surface area (Å²) in [6.45, 7) is 0. The highest BCUT2D eigenvalue weighted by Crippen LogP contribution is 2.40.